The maximum atomic E-state index is 12.6. The van der Waals surface area contributed by atoms with E-state index < -0.39 is 0 Å². The molecule has 26 heavy (non-hydrogen) atoms. The van der Waals surface area contributed by atoms with E-state index in [1.165, 1.54) is 0 Å². The van der Waals surface area contributed by atoms with E-state index in [1.807, 2.05) is 13.0 Å². The standard InChI is InChI=1S/C18H18N6O2/c1-3-24(2)18(26)13-8-6-7-12(11-13)17(25)19-15-10-5-4-9-14(15)16-20-22-23-21-16/h4-11H,3H2,1-2H3,(H,19,25)(H,20,21,22,23). The fraction of sp³-hybridized carbons (Fsp3) is 0.167. The number of para-hydroxylation sites is 1. The first-order chi connectivity index (χ1) is 12.6. The Morgan fingerprint density at radius 1 is 1.12 bits per heavy atom. The minimum Gasteiger partial charge on any atom is -0.342 e. The molecule has 2 amide bonds. The van der Waals surface area contributed by atoms with Gasteiger partial charge < -0.3 is 10.2 Å². The van der Waals surface area contributed by atoms with Gasteiger partial charge in [0, 0.05) is 30.3 Å². The van der Waals surface area contributed by atoms with Crippen LogP contribution in [0.5, 0.6) is 0 Å². The summed E-state index contributed by atoms with van der Waals surface area (Å²) in [4.78, 5) is 26.5. The molecule has 0 radical (unpaired) electrons. The highest BCUT2D eigenvalue weighted by Crippen LogP contribution is 2.24. The Morgan fingerprint density at radius 3 is 2.62 bits per heavy atom. The van der Waals surface area contributed by atoms with Crippen LogP contribution in [0.25, 0.3) is 11.4 Å². The van der Waals surface area contributed by atoms with E-state index in [0.717, 1.165) is 0 Å². The lowest BCUT2D eigenvalue weighted by atomic mass is 10.1. The third-order valence-electron chi connectivity index (χ3n) is 3.95. The highest BCUT2D eigenvalue weighted by molar-refractivity contribution is 6.07. The van der Waals surface area contributed by atoms with Crippen molar-refractivity contribution in [2.75, 3.05) is 18.9 Å². The van der Waals surface area contributed by atoms with Crippen molar-refractivity contribution in [2.45, 2.75) is 6.92 Å². The summed E-state index contributed by atoms with van der Waals surface area (Å²) in [7, 11) is 1.72. The van der Waals surface area contributed by atoms with E-state index in [-0.39, 0.29) is 11.8 Å². The SMILES string of the molecule is CCN(C)C(=O)c1cccc(C(=O)Nc2ccccc2-c2nn[nH]n2)c1. The second kappa shape index (κ2) is 7.56. The number of hydrogen-bond acceptors (Lipinski definition) is 5. The molecule has 0 unspecified atom stereocenters. The molecule has 1 aromatic heterocycles. The molecular formula is C18H18N6O2. The van der Waals surface area contributed by atoms with Crippen LogP contribution in [0.3, 0.4) is 0 Å². The monoisotopic (exact) mass is 350 g/mol. The number of carbonyl (C=O) groups excluding carboxylic acids is 2. The molecule has 2 aromatic carbocycles. The summed E-state index contributed by atoms with van der Waals surface area (Å²) in [6, 6.07) is 13.8. The number of aromatic amines is 1. The normalized spacial score (nSPS) is 10.4. The van der Waals surface area contributed by atoms with Crippen molar-refractivity contribution in [2.24, 2.45) is 0 Å². The van der Waals surface area contributed by atoms with E-state index in [1.54, 1.807) is 54.4 Å². The van der Waals surface area contributed by atoms with E-state index in [2.05, 4.69) is 25.9 Å². The van der Waals surface area contributed by atoms with E-state index >= 15 is 0 Å². The average molecular weight is 350 g/mol. The molecule has 0 aliphatic heterocycles. The Morgan fingerprint density at radius 2 is 1.88 bits per heavy atom. The lowest BCUT2D eigenvalue weighted by Gasteiger charge is -2.15. The number of benzene rings is 2. The van der Waals surface area contributed by atoms with Crippen LogP contribution < -0.4 is 5.32 Å². The summed E-state index contributed by atoms with van der Waals surface area (Å²) in [6.45, 7) is 2.48. The molecule has 0 spiro atoms. The fourth-order valence-electron chi connectivity index (χ4n) is 2.41. The summed E-state index contributed by atoms with van der Waals surface area (Å²) < 4.78 is 0. The molecule has 0 atom stereocenters. The van der Waals surface area contributed by atoms with Gasteiger partial charge in [-0.1, -0.05) is 18.2 Å². The van der Waals surface area contributed by atoms with Crippen LogP contribution in [-0.2, 0) is 0 Å². The Balaban J connectivity index is 1.85. The van der Waals surface area contributed by atoms with Crippen LogP contribution in [-0.4, -0.2) is 50.9 Å². The molecule has 0 aliphatic rings. The zero-order valence-corrected chi connectivity index (χ0v) is 14.4. The largest absolute Gasteiger partial charge is 0.342 e. The summed E-state index contributed by atoms with van der Waals surface area (Å²) in [6.07, 6.45) is 0. The Bertz CT molecular complexity index is 923. The molecule has 8 nitrogen and oxygen atoms in total. The first-order valence-corrected chi connectivity index (χ1v) is 8.10. The summed E-state index contributed by atoms with van der Waals surface area (Å²) in [5.41, 5.74) is 2.06. The molecule has 1 heterocycles. The molecule has 3 rings (SSSR count). The number of hydrogen-bond donors (Lipinski definition) is 2. The van der Waals surface area contributed by atoms with Crippen LogP contribution in [0.1, 0.15) is 27.6 Å². The number of nitrogens with zero attached hydrogens (tertiary/aromatic N) is 4. The number of rotatable bonds is 5. The minimum atomic E-state index is -0.324. The Hall–Kier alpha value is -3.55. The van der Waals surface area contributed by atoms with Gasteiger partial charge in [0.05, 0.1) is 5.69 Å². The zero-order valence-electron chi connectivity index (χ0n) is 14.4. The lowest BCUT2D eigenvalue weighted by Crippen LogP contribution is -2.26. The number of tetrazole rings is 1. The van der Waals surface area contributed by atoms with E-state index in [9.17, 15) is 9.59 Å². The average Bonchev–Trinajstić information content (AvgIpc) is 3.22. The Labute approximate surface area is 150 Å². The van der Waals surface area contributed by atoms with E-state index in [4.69, 9.17) is 0 Å². The summed E-state index contributed by atoms with van der Waals surface area (Å²) in [5, 5.41) is 16.7. The molecule has 0 saturated carbocycles. The molecular weight excluding hydrogens is 332 g/mol. The number of anilines is 1. The van der Waals surface area contributed by atoms with Crippen molar-refractivity contribution in [1.29, 1.82) is 0 Å². The lowest BCUT2D eigenvalue weighted by molar-refractivity contribution is 0.0802. The van der Waals surface area contributed by atoms with Gasteiger partial charge in [-0.3, -0.25) is 9.59 Å². The molecule has 0 saturated heterocycles. The van der Waals surface area contributed by atoms with Crippen molar-refractivity contribution in [3.63, 3.8) is 0 Å². The van der Waals surface area contributed by atoms with Crippen LogP contribution in [0, 0.1) is 0 Å². The van der Waals surface area contributed by atoms with Gasteiger partial charge in [0.25, 0.3) is 11.8 Å². The third-order valence-corrected chi connectivity index (χ3v) is 3.95. The molecule has 8 heteroatoms. The fourth-order valence-corrected chi connectivity index (χ4v) is 2.41. The van der Waals surface area contributed by atoms with Crippen molar-refractivity contribution < 1.29 is 9.59 Å². The van der Waals surface area contributed by atoms with Gasteiger partial charge in [0.15, 0.2) is 0 Å². The highest BCUT2D eigenvalue weighted by Gasteiger charge is 2.15. The van der Waals surface area contributed by atoms with Gasteiger partial charge in [0.1, 0.15) is 0 Å². The van der Waals surface area contributed by atoms with Gasteiger partial charge in [-0.05, 0) is 42.5 Å². The van der Waals surface area contributed by atoms with Gasteiger partial charge in [-0.25, -0.2) is 0 Å². The Kier molecular flexibility index (Phi) is 5.02. The minimum absolute atomic E-state index is 0.130. The molecule has 132 valence electrons. The van der Waals surface area contributed by atoms with Crippen LogP contribution in [0.2, 0.25) is 0 Å². The number of H-pyrrole nitrogens is 1. The maximum Gasteiger partial charge on any atom is 0.255 e. The van der Waals surface area contributed by atoms with Crippen LogP contribution in [0.15, 0.2) is 48.5 Å². The highest BCUT2D eigenvalue weighted by atomic mass is 16.2. The second-order valence-electron chi connectivity index (χ2n) is 5.64. The van der Waals surface area contributed by atoms with Crippen molar-refractivity contribution >= 4 is 17.5 Å². The van der Waals surface area contributed by atoms with E-state index in [0.29, 0.717) is 34.7 Å². The van der Waals surface area contributed by atoms with Gasteiger partial charge in [0.2, 0.25) is 5.82 Å². The number of carbonyl (C=O) groups is 2. The second-order valence-corrected chi connectivity index (χ2v) is 5.64. The first-order valence-electron chi connectivity index (χ1n) is 8.10. The molecule has 3 aromatic rings. The predicted octanol–water partition coefficient (Wildman–Crippen LogP) is 2.21. The molecule has 0 aliphatic carbocycles. The molecule has 2 N–H and O–H groups in total. The van der Waals surface area contributed by atoms with Gasteiger partial charge >= 0.3 is 0 Å². The summed E-state index contributed by atoms with van der Waals surface area (Å²) in [5.74, 6) is -0.0708. The first kappa shape index (κ1) is 17.3. The maximum absolute atomic E-state index is 12.6. The molecule has 0 fully saturated rings. The number of nitrogens with one attached hydrogen (secondary N) is 2. The number of aromatic nitrogens is 4. The van der Waals surface area contributed by atoms with Gasteiger partial charge in [-0.15, -0.1) is 10.2 Å². The summed E-state index contributed by atoms with van der Waals surface area (Å²) >= 11 is 0. The van der Waals surface area contributed by atoms with Crippen molar-refractivity contribution in [1.82, 2.24) is 25.5 Å². The topological polar surface area (TPSA) is 104 Å². The molecule has 0 bridgehead atoms. The predicted molar refractivity (Wildman–Crippen MR) is 96.6 cm³/mol. The van der Waals surface area contributed by atoms with Gasteiger partial charge in [-0.2, -0.15) is 5.21 Å². The zero-order chi connectivity index (χ0) is 18.5. The quantitative estimate of drug-likeness (QED) is 0.734. The van der Waals surface area contributed by atoms with Crippen LogP contribution in [0.4, 0.5) is 5.69 Å². The van der Waals surface area contributed by atoms with Crippen molar-refractivity contribution in [3.05, 3.63) is 59.7 Å². The van der Waals surface area contributed by atoms with Crippen molar-refractivity contribution in [3.8, 4) is 11.4 Å². The number of amides is 2. The van der Waals surface area contributed by atoms with Crippen LogP contribution >= 0.6 is 0 Å². The third kappa shape index (κ3) is 3.59. The smallest absolute Gasteiger partial charge is 0.255 e.